The van der Waals surface area contributed by atoms with Crippen LogP contribution in [0.3, 0.4) is 0 Å². The minimum absolute atomic E-state index is 0. The Bertz CT molecular complexity index is 1450. The maximum atomic E-state index is 13.9. The van der Waals surface area contributed by atoms with Crippen molar-refractivity contribution in [2.45, 2.75) is 24.5 Å². The molecule has 38 heavy (non-hydrogen) atoms. The molecule has 2 aromatic rings. The summed E-state index contributed by atoms with van der Waals surface area (Å²) < 4.78 is 0. The fourth-order valence-corrected chi connectivity index (χ4v) is 6.21. The number of aliphatic hydroxyl groups is 3. The molecule has 6 N–H and O–H groups in total. The van der Waals surface area contributed by atoms with Crippen LogP contribution in [0.2, 0.25) is 5.15 Å². The van der Waals surface area contributed by atoms with Gasteiger partial charge in [-0.2, -0.15) is 0 Å². The molecule has 0 unspecified atom stereocenters. The zero-order valence-electron chi connectivity index (χ0n) is 20.3. The van der Waals surface area contributed by atoms with Gasteiger partial charge in [-0.1, -0.05) is 41.9 Å². The lowest BCUT2D eigenvalue weighted by atomic mass is 9.57. The molecule has 200 valence electrons. The highest BCUT2D eigenvalue weighted by Crippen LogP contribution is 2.54. The molecular weight excluding hydrogens is 537 g/mol. The number of amides is 1. The highest BCUT2D eigenvalue weighted by Gasteiger charge is 2.64. The van der Waals surface area contributed by atoms with Crippen LogP contribution in [0, 0.1) is 11.8 Å². The van der Waals surface area contributed by atoms with Crippen molar-refractivity contribution >= 4 is 47.2 Å². The second kappa shape index (κ2) is 9.39. The summed E-state index contributed by atoms with van der Waals surface area (Å²) in [7, 11) is 3.08. The lowest BCUT2D eigenvalue weighted by molar-refractivity contribution is -0.153. The first-order valence-electron chi connectivity index (χ1n) is 11.5. The standard InChI is InChI=1S/C26H24ClN3O7.ClH/c1-30(2)18-13-9-11-8-12-15(20(32)17(29-24(12)27)10-6-4-3-5-7-10)19(31)14(11)22(34)26(13,37)23(35)16(21(18)33)25(28)36;/h3-7,11,13,18,31-32,35,37H,8-9H2,1-2H3,(H2,28,36);1H/t11-,13-,18-,26-;/m0./s1. The molecule has 12 heteroatoms. The summed E-state index contributed by atoms with van der Waals surface area (Å²) in [4.78, 5) is 44.8. The number of carbonyl (C=O) groups excluding carboxylic acids is 3. The van der Waals surface area contributed by atoms with E-state index in [4.69, 9.17) is 17.3 Å². The van der Waals surface area contributed by atoms with Gasteiger partial charge in [0.1, 0.15) is 27.9 Å². The van der Waals surface area contributed by atoms with E-state index < -0.39 is 63.8 Å². The molecule has 10 nitrogen and oxygen atoms in total. The number of hydrogen-bond donors (Lipinski definition) is 5. The van der Waals surface area contributed by atoms with E-state index in [2.05, 4.69) is 4.98 Å². The molecule has 0 aliphatic heterocycles. The van der Waals surface area contributed by atoms with E-state index in [1.54, 1.807) is 30.3 Å². The third kappa shape index (κ3) is 3.63. The van der Waals surface area contributed by atoms with Crippen LogP contribution in [0.15, 0.2) is 47.2 Å². The van der Waals surface area contributed by atoms with E-state index in [0.717, 1.165) is 0 Å². The Morgan fingerprint density at radius 2 is 1.79 bits per heavy atom. The van der Waals surface area contributed by atoms with Crippen LogP contribution in [0.5, 0.6) is 5.75 Å². The molecule has 0 bridgehead atoms. The molecular formula is C26H25Cl2N3O7. The van der Waals surface area contributed by atoms with Gasteiger partial charge < -0.3 is 26.2 Å². The topological polar surface area (TPSA) is 174 Å². The minimum atomic E-state index is -2.70. The quantitative estimate of drug-likeness (QED) is 0.277. The monoisotopic (exact) mass is 561 g/mol. The van der Waals surface area contributed by atoms with Crippen LogP contribution in [0.1, 0.15) is 17.5 Å². The zero-order chi connectivity index (χ0) is 27.0. The summed E-state index contributed by atoms with van der Waals surface area (Å²) in [5, 5.41) is 45.0. The SMILES string of the molecule is CN(C)[C@@H]1C(=O)C(C(N)=O)=C(O)[C@@]2(O)C(=O)C3=C(O)c4c(O)c(-c5ccccc5)nc(Cl)c4C[C@H]3C[C@@H]12.Cl. The predicted molar refractivity (Wildman–Crippen MR) is 140 cm³/mol. The van der Waals surface area contributed by atoms with Crippen molar-refractivity contribution in [1.29, 1.82) is 0 Å². The number of aromatic nitrogens is 1. The van der Waals surface area contributed by atoms with Crippen molar-refractivity contribution in [3.8, 4) is 17.0 Å². The van der Waals surface area contributed by atoms with Gasteiger partial charge in [0.25, 0.3) is 5.91 Å². The number of nitrogens with two attached hydrogens (primary N) is 1. The minimum Gasteiger partial charge on any atom is -0.508 e. The summed E-state index contributed by atoms with van der Waals surface area (Å²) >= 11 is 6.49. The maximum Gasteiger partial charge on any atom is 0.255 e. The van der Waals surface area contributed by atoms with Crippen LogP contribution in [0.4, 0.5) is 0 Å². The Hall–Kier alpha value is -3.44. The van der Waals surface area contributed by atoms with E-state index in [0.29, 0.717) is 11.1 Å². The Morgan fingerprint density at radius 3 is 2.37 bits per heavy atom. The number of ketones is 2. The first-order valence-corrected chi connectivity index (χ1v) is 11.9. The molecule has 0 spiro atoms. The first-order chi connectivity index (χ1) is 17.4. The van der Waals surface area contributed by atoms with Gasteiger partial charge in [0.15, 0.2) is 17.1 Å². The lowest BCUT2D eigenvalue weighted by Crippen LogP contribution is -2.65. The molecule has 1 saturated carbocycles. The van der Waals surface area contributed by atoms with E-state index >= 15 is 0 Å². The summed E-state index contributed by atoms with van der Waals surface area (Å²) in [6, 6.07) is 7.46. The Morgan fingerprint density at radius 1 is 1.16 bits per heavy atom. The summed E-state index contributed by atoms with van der Waals surface area (Å²) in [6.07, 6.45) is 0.0479. The second-order valence-corrected chi connectivity index (χ2v) is 10.1. The highest BCUT2D eigenvalue weighted by molar-refractivity contribution is 6.31. The van der Waals surface area contributed by atoms with Gasteiger partial charge in [-0.15, -0.1) is 12.4 Å². The van der Waals surface area contributed by atoms with Crippen LogP contribution < -0.4 is 5.73 Å². The van der Waals surface area contributed by atoms with E-state index in [-0.39, 0.29) is 47.2 Å². The molecule has 1 aromatic carbocycles. The number of hydrogen-bond acceptors (Lipinski definition) is 9. The molecule has 1 amide bonds. The number of rotatable bonds is 3. The number of benzene rings is 1. The number of carbonyl (C=O) groups is 3. The van der Waals surface area contributed by atoms with Crippen molar-refractivity contribution in [3.63, 3.8) is 0 Å². The van der Waals surface area contributed by atoms with Gasteiger partial charge in [-0.05, 0) is 32.9 Å². The summed E-state index contributed by atoms with van der Waals surface area (Å²) in [5.74, 6) is -7.21. The predicted octanol–water partition coefficient (Wildman–Crippen LogP) is 2.10. The molecule has 4 atom stereocenters. The van der Waals surface area contributed by atoms with Crippen LogP contribution in [0.25, 0.3) is 17.0 Å². The Balaban J connectivity index is 0.00000336. The molecule has 1 heterocycles. The lowest BCUT2D eigenvalue weighted by Gasteiger charge is -2.50. The van der Waals surface area contributed by atoms with Gasteiger partial charge in [0.2, 0.25) is 5.78 Å². The number of aromatic hydroxyl groups is 1. The average molecular weight is 562 g/mol. The highest BCUT2D eigenvalue weighted by atomic mass is 35.5. The Labute approximate surface area is 228 Å². The molecule has 5 rings (SSSR count). The third-order valence-electron chi connectivity index (χ3n) is 7.58. The van der Waals surface area contributed by atoms with Gasteiger partial charge in [-0.25, -0.2) is 4.98 Å². The van der Waals surface area contributed by atoms with Gasteiger partial charge in [0, 0.05) is 22.6 Å². The molecule has 1 fully saturated rings. The summed E-state index contributed by atoms with van der Waals surface area (Å²) in [6.45, 7) is 0. The normalized spacial score (nSPS) is 26.5. The number of Topliss-reactive ketones (excluding diaryl/α,β-unsaturated/α-hetero) is 2. The van der Waals surface area contributed by atoms with Gasteiger partial charge in [-0.3, -0.25) is 19.3 Å². The molecule has 0 saturated heterocycles. The van der Waals surface area contributed by atoms with Crippen molar-refractivity contribution in [1.82, 2.24) is 9.88 Å². The maximum absolute atomic E-state index is 13.9. The van der Waals surface area contributed by atoms with Gasteiger partial charge >= 0.3 is 0 Å². The van der Waals surface area contributed by atoms with Crippen LogP contribution in [-0.4, -0.2) is 73.5 Å². The van der Waals surface area contributed by atoms with Crippen molar-refractivity contribution in [2.24, 2.45) is 17.6 Å². The van der Waals surface area contributed by atoms with E-state index in [9.17, 15) is 34.8 Å². The molecule has 3 aliphatic carbocycles. The first kappa shape index (κ1) is 27.6. The molecule has 1 aromatic heterocycles. The van der Waals surface area contributed by atoms with Crippen LogP contribution in [-0.2, 0) is 20.8 Å². The fourth-order valence-electron chi connectivity index (χ4n) is 5.95. The van der Waals surface area contributed by atoms with Crippen molar-refractivity contribution in [2.75, 3.05) is 14.1 Å². The number of primary amides is 1. The molecule has 0 radical (unpaired) electrons. The van der Waals surface area contributed by atoms with Crippen LogP contribution >= 0.6 is 24.0 Å². The summed E-state index contributed by atoms with van der Waals surface area (Å²) in [5.41, 5.74) is 2.35. The Kier molecular flexibility index (Phi) is 6.82. The van der Waals surface area contributed by atoms with Crippen molar-refractivity contribution < 1.29 is 34.8 Å². The number of halogens is 2. The number of fused-ring (bicyclic) bond motifs is 3. The molecule has 3 aliphatic rings. The largest absolute Gasteiger partial charge is 0.508 e. The number of likely N-dealkylation sites (N-methyl/N-ethyl adjacent to an activating group) is 1. The van der Waals surface area contributed by atoms with Gasteiger partial charge in [0.05, 0.1) is 11.6 Å². The van der Waals surface area contributed by atoms with Crippen molar-refractivity contribution in [3.05, 3.63) is 63.5 Å². The zero-order valence-corrected chi connectivity index (χ0v) is 21.9. The number of nitrogens with zero attached hydrogens (tertiary/aromatic N) is 2. The average Bonchev–Trinajstić information content (AvgIpc) is 2.83. The third-order valence-corrected chi connectivity index (χ3v) is 7.90. The second-order valence-electron chi connectivity index (χ2n) is 9.78. The fraction of sp³-hybridized carbons (Fsp3) is 0.308. The number of pyridine rings is 1. The van der Waals surface area contributed by atoms with E-state index in [1.807, 2.05) is 0 Å². The smallest absolute Gasteiger partial charge is 0.255 e. The number of aliphatic hydroxyl groups excluding tert-OH is 2. The van der Waals surface area contributed by atoms with E-state index in [1.165, 1.54) is 19.0 Å².